The number of rotatable bonds is 0. The topological polar surface area (TPSA) is 28.1 Å². The van der Waals surface area contributed by atoms with Gasteiger partial charge in [0.15, 0.2) is 4.98 Å². The van der Waals surface area contributed by atoms with Crippen molar-refractivity contribution in [3.63, 3.8) is 0 Å². The second-order valence-corrected chi connectivity index (χ2v) is 3.70. The lowest BCUT2D eigenvalue weighted by Gasteiger charge is -2.12. The lowest BCUT2D eigenvalue weighted by atomic mass is 9.97. The summed E-state index contributed by atoms with van der Waals surface area (Å²) in [4.78, 5) is 2.89. The number of nitrogens with zero attached hydrogens (tertiary/aromatic N) is 2. The van der Waals surface area contributed by atoms with Gasteiger partial charge in [-0.2, -0.15) is 0 Å². The first kappa shape index (κ1) is 8.64. The first-order chi connectivity index (χ1) is 3.98. The van der Waals surface area contributed by atoms with Crippen LogP contribution in [0.1, 0.15) is 20.8 Å². The lowest BCUT2D eigenvalue weighted by molar-refractivity contribution is 0.536. The number of hydrogen-bond acceptors (Lipinski definition) is 1. The van der Waals surface area contributed by atoms with E-state index in [1.807, 2.05) is 20.8 Å². The van der Waals surface area contributed by atoms with Crippen LogP contribution in [-0.4, -0.2) is 0 Å². The molecule has 0 aromatic carbocycles. The summed E-state index contributed by atoms with van der Waals surface area (Å²) in [6.07, 6.45) is 1.39. The van der Waals surface area contributed by atoms with Crippen LogP contribution in [0.5, 0.6) is 0 Å². The van der Waals surface area contributed by atoms with Gasteiger partial charge in [-0.15, -0.1) is 0 Å². The van der Waals surface area contributed by atoms with Crippen LogP contribution in [0.4, 0.5) is 0 Å². The third-order valence-corrected chi connectivity index (χ3v) is 2.28. The van der Waals surface area contributed by atoms with Crippen molar-refractivity contribution in [3.8, 4) is 0 Å². The van der Waals surface area contributed by atoms with E-state index < -0.39 is 0 Å². The summed E-state index contributed by atoms with van der Waals surface area (Å²) < 4.78 is 0.887. The van der Waals surface area contributed by atoms with Crippen LogP contribution in [0.3, 0.4) is 0 Å². The Hall–Kier alpha value is -0.360. The number of hydrogen-bond donors (Lipinski definition) is 0. The number of halogens is 1. The van der Waals surface area contributed by atoms with E-state index in [-0.39, 0.29) is 5.41 Å². The van der Waals surface area contributed by atoms with E-state index in [4.69, 9.17) is 5.39 Å². The van der Waals surface area contributed by atoms with Crippen LogP contribution in [0.15, 0.2) is 10.7 Å². The van der Waals surface area contributed by atoms with Crippen molar-refractivity contribution < 1.29 is 0 Å². The Morgan fingerprint density at radius 3 is 2.11 bits per heavy atom. The molecule has 0 spiro atoms. The fourth-order valence-electron chi connectivity index (χ4n) is 0.244. The molecule has 0 saturated carbocycles. The normalized spacial score (nSPS) is 13.0. The van der Waals surface area contributed by atoms with Gasteiger partial charge in [-0.25, -0.2) is 0 Å². The van der Waals surface area contributed by atoms with Crippen LogP contribution in [0.25, 0.3) is 4.98 Å². The predicted octanol–water partition coefficient (Wildman–Crippen LogP) is 3.12. The van der Waals surface area contributed by atoms with Gasteiger partial charge in [0.1, 0.15) is 0 Å². The molecule has 0 N–H and O–H groups in total. The molecule has 0 atom stereocenters. The quantitative estimate of drug-likeness (QED) is 0.539. The summed E-state index contributed by atoms with van der Waals surface area (Å²) in [6.45, 7) is 6.08. The van der Waals surface area contributed by atoms with Gasteiger partial charge in [0, 0.05) is 5.41 Å². The van der Waals surface area contributed by atoms with Crippen molar-refractivity contribution in [3.05, 3.63) is 15.7 Å². The smallest absolute Gasteiger partial charge is 0.0553 e. The van der Waals surface area contributed by atoms with E-state index in [1.54, 1.807) is 0 Å². The van der Waals surface area contributed by atoms with E-state index in [1.165, 1.54) is 6.20 Å². The maximum absolute atomic E-state index is 8.12. The van der Waals surface area contributed by atoms with E-state index in [0.29, 0.717) is 0 Å². The molecule has 0 bridgehead atoms. The maximum atomic E-state index is 8.12. The summed E-state index contributed by atoms with van der Waals surface area (Å²) in [7, 11) is 0. The van der Waals surface area contributed by atoms with Crippen molar-refractivity contribution in [2.24, 2.45) is 5.41 Å². The average Bonchev–Trinajstić information content (AvgIpc) is 1.64. The molecule has 0 rings (SSSR count). The molecule has 2 nitrogen and oxygen atoms in total. The third-order valence-electron chi connectivity index (χ3n) is 0.888. The highest BCUT2D eigenvalue weighted by molar-refractivity contribution is 9.11. The van der Waals surface area contributed by atoms with Gasteiger partial charge >= 0.3 is 6.20 Å². The molecule has 0 aliphatic rings. The number of allylic oxidation sites excluding steroid dienone is 1. The number of diazo groups is 1. The van der Waals surface area contributed by atoms with Gasteiger partial charge in [0.05, 0.1) is 4.48 Å². The Bertz CT molecular complexity index is 159. The highest BCUT2D eigenvalue weighted by atomic mass is 79.9. The molecule has 0 radical (unpaired) electrons. The van der Waals surface area contributed by atoms with Crippen molar-refractivity contribution in [2.45, 2.75) is 20.8 Å². The fourth-order valence-corrected chi connectivity index (χ4v) is 0.336. The Morgan fingerprint density at radius 1 is 1.56 bits per heavy atom. The molecular formula is C6H10BrN2+. The van der Waals surface area contributed by atoms with Crippen molar-refractivity contribution >= 4 is 15.9 Å². The summed E-state index contributed by atoms with van der Waals surface area (Å²) in [5.41, 5.74) is 0.0340. The van der Waals surface area contributed by atoms with Gasteiger partial charge in [-0.3, -0.25) is 0 Å². The molecule has 0 aliphatic heterocycles. The van der Waals surface area contributed by atoms with Crippen molar-refractivity contribution in [1.82, 2.24) is 0 Å². The summed E-state index contributed by atoms with van der Waals surface area (Å²) in [6, 6.07) is 0. The summed E-state index contributed by atoms with van der Waals surface area (Å²) in [5.74, 6) is 0. The molecule has 3 heteroatoms. The van der Waals surface area contributed by atoms with Crippen LogP contribution < -0.4 is 0 Å². The minimum absolute atomic E-state index is 0.0340. The zero-order chi connectivity index (χ0) is 7.49. The third kappa shape index (κ3) is 3.26. The molecule has 0 unspecified atom stereocenters. The molecule has 9 heavy (non-hydrogen) atoms. The molecular weight excluding hydrogens is 180 g/mol. The molecule has 0 aromatic rings. The van der Waals surface area contributed by atoms with Crippen molar-refractivity contribution in [1.29, 1.82) is 5.39 Å². The van der Waals surface area contributed by atoms with Gasteiger partial charge < -0.3 is 0 Å². The average molecular weight is 190 g/mol. The lowest BCUT2D eigenvalue weighted by Crippen LogP contribution is -2.03. The van der Waals surface area contributed by atoms with Gasteiger partial charge in [-0.1, -0.05) is 20.8 Å². The van der Waals surface area contributed by atoms with E-state index in [9.17, 15) is 0 Å². The highest BCUT2D eigenvalue weighted by Gasteiger charge is 2.17. The van der Waals surface area contributed by atoms with E-state index >= 15 is 0 Å². The van der Waals surface area contributed by atoms with Crippen molar-refractivity contribution in [2.75, 3.05) is 0 Å². The minimum Gasteiger partial charge on any atom is -0.0553 e. The molecule has 0 aromatic heterocycles. The summed E-state index contributed by atoms with van der Waals surface area (Å²) >= 11 is 3.27. The molecule has 0 heterocycles. The van der Waals surface area contributed by atoms with E-state index in [0.717, 1.165) is 4.48 Å². The summed E-state index contributed by atoms with van der Waals surface area (Å²) in [5, 5.41) is 8.12. The second kappa shape index (κ2) is 2.98. The Morgan fingerprint density at radius 2 is 2.00 bits per heavy atom. The highest BCUT2D eigenvalue weighted by Crippen LogP contribution is 2.29. The van der Waals surface area contributed by atoms with E-state index in [2.05, 4.69) is 20.9 Å². The Balaban J connectivity index is 4.25. The SMILES string of the molecule is CC(C)(C)/C(Br)=C/[N+]#N. The predicted molar refractivity (Wildman–Crippen MR) is 41.5 cm³/mol. The van der Waals surface area contributed by atoms with Crippen LogP contribution in [0.2, 0.25) is 0 Å². The molecule has 0 fully saturated rings. The maximum Gasteiger partial charge on any atom is 0.361 e. The first-order valence-corrected chi connectivity index (χ1v) is 3.48. The standard InChI is InChI=1S/C6H10BrN2/c1-6(2,3)5(7)4-9-8/h4H,1-3H3/q+1/b5-4-. The largest absolute Gasteiger partial charge is 0.361 e. The second-order valence-electron chi connectivity index (χ2n) is 2.84. The molecule has 0 saturated heterocycles. The monoisotopic (exact) mass is 189 g/mol. The molecule has 0 amide bonds. The minimum atomic E-state index is 0.0340. The molecule has 50 valence electrons. The molecule has 0 aliphatic carbocycles. The van der Waals surface area contributed by atoms with Crippen LogP contribution in [0, 0.1) is 10.8 Å². The first-order valence-electron chi connectivity index (χ1n) is 2.69. The zero-order valence-corrected chi connectivity index (χ0v) is 7.44. The Kier molecular flexibility index (Phi) is 2.86. The fraction of sp³-hybridized carbons (Fsp3) is 0.667. The zero-order valence-electron chi connectivity index (χ0n) is 5.85. The van der Waals surface area contributed by atoms with Gasteiger partial charge in [0.25, 0.3) is 0 Å². The van der Waals surface area contributed by atoms with Gasteiger partial charge in [-0.05, 0) is 15.9 Å². The van der Waals surface area contributed by atoms with Crippen LogP contribution in [-0.2, 0) is 0 Å². The van der Waals surface area contributed by atoms with Crippen LogP contribution >= 0.6 is 15.9 Å². The van der Waals surface area contributed by atoms with Gasteiger partial charge in [0.2, 0.25) is 5.39 Å². The Labute approximate surface area is 63.7 Å².